The van der Waals surface area contributed by atoms with Gasteiger partial charge in [0.1, 0.15) is 0 Å². The molecule has 2 fully saturated rings. The zero-order valence-electron chi connectivity index (χ0n) is 13.2. The van der Waals surface area contributed by atoms with Gasteiger partial charge in [-0.3, -0.25) is 4.68 Å². The average Bonchev–Trinajstić information content (AvgIpc) is 3.18. The van der Waals surface area contributed by atoms with Gasteiger partial charge in [0.25, 0.3) is 0 Å². The number of nitrogens with zero attached hydrogens (tertiary/aromatic N) is 3. The lowest BCUT2D eigenvalue weighted by Gasteiger charge is -2.29. The Bertz CT molecular complexity index is 632. The monoisotopic (exact) mass is 320 g/mol. The summed E-state index contributed by atoms with van der Waals surface area (Å²) in [7, 11) is 0. The van der Waals surface area contributed by atoms with Crippen LogP contribution in [0.25, 0.3) is 10.9 Å². The van der Waals surface area contributed by atoms with Crippen LogP contribution in [0.3, 0.4) is 0 Å². The van der Waals surface area contributed by atoms with Crippen molar-refractivity contribution in [2.45, 2.75) is 25.8 Å². The highest BCUT2D eigenvalue weighted by atomic mass is 35.5. The Hall–Kier alpha value is -1.10. The van der Waals surface area contributed by atoms with Crippen LogP contribution in [0.1, 0.15) is 25.8 Å². The molecule has 4 rings (SSSR count). The quantitative estimate of drug-likeness (QED) is 0.944. The summed E-state index contributed by atoms with van der Waals surface area (Å²) in [5, 5.41) is 9.40. The van der Waals surface area contributed by atoms with Crippen LogP contribution in [0, 0.1) is 5.41 Å². The van der Waals surface area contributed by atoms with Crippen LogP contribution < -0.4 is 5.32 Å². The van der Waals surface area contributed by atoms with Gasteiger partial charge >= 0.3 is 0 Å². The molecule has 120 valence electrons. The van der Waals surface area contributed by atoms with Crippen molar-refractivity contribution < 1.29 is 0 Å². The fourth-order valence-corrected chi connectivity index (χ4v) is 3.98. The Balaban J connectivity index is 0.00000144. The van der Waals surface area contributed by atoms with Crippen molar-refractivity contribution >= 4 is 23.3 Å². The zero-order chi connectivity index (χ0) is 14.3. The molecule has 1 N–H and O–H groups in total. The molecule has 0 amide bonds. The smallest absolute Gasteiger partial charge is 0.0686 e. The fraction of sp³-hybridized carbons (Fsp3) is 0.588. The zero-order valence-corrected chi connectivity index (χ0v) is 14.0. The highest BCUT2D eigenvalue weighted by Gasteiger charge is 2.34. The maximum atomic E-state index is 4.64. The van der Waals surface area contributed by atoms with Gasteiger partial charge in [0.2, 0.25) is 0 Å². The molecule has 4 nitrogen and oxygen atoms in total. The lowest BCUT2D eigenvalue weighted by molar-refractivity contribution is 0.203. The predicted octanol–water partition coefficient (Wildman–Crippen LogP) is 2.70. The molecule has 2 aliphatic rings. The Morgan fingerprint density at radius 2 is 2.23 bits per heavy atom. The number of nitrogens with one attached hydrogen (secondary N) is 1. The molecule has 2 unspecified atom stereocenters. The van der Waals surface area contributed by atoms with Gasteiger partial charge in [0.05, 0.1) is 17.8 Å². The number of likely N-dealkylation sites (tertiary alicyclic amines) is 1. The van der Waals surface area contributed by atoms with Crippen LogP contribution in [-0.2, 0) is 0 Å². The molecular weight excluding hydrogens is 296 g/mol. The minimum Gasteiger partial charge on any atom is -0.316 e. The summed E-state index contributed by atoms with van der Waals surface area (Å²) in [5.41, 5.74) is 1.74. The summed E-state index contributed by atoms with van der Waals surface area (Å²) in [5.74, 6) is 0. The number of halogens is 1. The number of aromatic nitrogens is 2. The summed E-state index contributed by atoms with van der Waals surface area (Å²) in [6, 6.07) is 9.06. The number of rotatable bonds is 3. The molecular formula is C17H25ClN4. The van der Waals surface area contributed by atoms with E-state index in [-0.39, 0.29) is 12.4 Å². The minimum atomic E-state index is 0. The molecule has 2 aromatic rings. The first-order valence-corrected chi connectivity index (χ1v) is 8.09. The van der Waals surface area contributed by atoms with E-state index in [0.29, 0.717) is 11.5 Å². The first-order chi connectivity index (χ1) is 10.2. The van der Waals surface area contributed by atoms with Crippen molar-refractivity contribution in [1.29, 1.82) is 0 Å². The van der Waals surface area contributed by atoms with E-state index >= 15 is 0 Å². The van der Waals surface area contributed by atoms with Gasteiger partial charge in [-0.15, -0.1) is 12.4 Å². The normalized spacial score (nSPS) is 29.0. The minimum absolute atomic E-state index is 0. The number of hydrogen-bond acceptors (Lipinski definition) is 3. The lowest BCUT2D eigenvalue weighted by atomic mass is 9.89. The average molecular weight is 321 g/mol. The van der Waals surface area contributed by atoms with Crippen LogP contribution in [0.4, 0.5) is 0 Å². The largest absolute Gasteiger partial charge is 0.316 e. The maximum absolute atomic E-state index is 4.64. The molecule has 0 radical (unpaired) electrons. The van der Waals surface area contributed by atoms with Gasteiger partial charge in [-0.05, 0) is 30.9 Å². The fourth-order valence-electron chi connectivity index (χ4n) is 3.98. The number of hydrogen-bond donors (Lipinski definition) is 1. The molecule has 0 saturated carbocycles. The molecule has 22 heavy (non-hydrogen) atoms. The van der Waals surface area contributed by atoms with E-state index in [4.69, 9.17) is 0 Å². The van der Waals surface area contributed by atoms with Crippen molar-refractivity contribution in [3.8, 4) is 0 Å². The molecule has 5 heteroatoms. The van der Waals surface area contributed by atoms with Crippen LogP contribution in [0.5, 0.6) is 0 Å². The second kappa shape index (κ2) is 6.19. The van der Waals surface area contributed by atoms with Gasteiger partial charge in [0, 0.05) is 31.6 Å². The van der Waals surface area contributed by atoms with E-state index in [0.717, 1.165) is 6.54 Å². The van der Waals surface area contributed by atoms with Crippen molar-refractivity contribution in [2.75, 3.05) is 32.7 Å². The van der Waals surface area contributed by atoms with E-state index in [1.54, 1.807) is 0 Å². The molecule has 0 aliphatic carbocycles. The molecule has 0 spiro atoms. The maximum Gasteiger partial charge on any atom is 0.0686 e. The van der Waals surface area contributed by atoms with Gasteiger partial charge in [-0.25, -0.2) is 0 Å². The van der Waals surface area contributed by atoms with Crippen molar-refractivity contribution in [1.82, 2.24) is 20.0 Å². The SMILES string of the molecule is CC1(CN2CCC(n3ncc4ccccc43)C2)CCNC1.Cl. The van der Waals surface area contributed by atoms with Crippen LogP contribution >= 0.6 is 12.4 Å². The molecule has 2 aliphatic heterocycles. The van der Waals surface area contributed by atoms with Gasteiger partial charge in [0.15, 0.2) is 0 Å². The predicted molar refractivity (Wildman–Crippen MR) is 92.7 cm³/mol. The second-order valence-corrected chi connectivity index (χ2v) is 7.06. The van der Waals surface area contributed by atoms with Gasteiger partial charge in [-0.2, -0.15) is 5.10 Å². The Morgan fingerprint density at radius 3 is 3.05 bits per heavy atom. The van der Waals surface area contributed by atoms with Crippen molar-refractivity contribution in [3.63, 3.8) is 0 Å². The van der Waals surface area contributed by atoms with E-state index in [1.807, 2.05) is 6.20 Å². The first kappa shape index (κ1) is 15.8. The summed E-state index contributed by atoms with van der Waals surface area (Å²) < 4.78 is 2.24. The molecule has 0 bridgehead atoms. The third-order valence-electron chi connectivity index (χ3n) is 5.16. The molecule has 2 atom stereocenters. The third kappa shape index (κ3) is 2.87. The summed E-state index contributed by atoms with van der Waals surface area (Å²) in [6.07, 6.45) is 4.52. The Kier molecular flexibility index (Phi) is 4.44. The van der Waals surface area contributed by atoms with Crippen molar-refractivity contribution in [2.24, 2.45) is 5.41 Å². The Morgan fingerprint density at radius 1 is 1.36 bits per heavy atom. The standard InChI is InChI=1S/C17H24N4.ClH/c1-17(7-8-18-12-17)13-20-9-6-15(11-20)21-16-5-3-2-4-14(16)10-19-21;/h2-5,10,15,18H,6-9,11-13H2,1H3;1H. The first-order valence-electron chi connectivity index (χ1n) is 8.09. The molecule has 3 heterocycles. The van der Waals surface area contributed by atoms with Crippen LogP contribution in [0.2, 0.25) is 0 Å². The molecule has 1 aromatic heterocycles. The van der Waals surface area contributed by atoms with Gasteiger partial charge < -0.3 is 10.2 Å². The number of para-hydroxylation sites is 1. The summed E-state index contributed by atoms with van der Waals surface area (Å²) in [6.45, 7) is 8.32. The highest BCUT2D eigenvalue weighted by molar-refractivity contribution is 5.85. The van der Waals surface area contributed by atoms with E-state index in [9.17, 15) is 0 Å². The number of fused-ring (bicyclic) bond motifs is 1. The molecule has 2 saturated heterocycles. The van der Waals surface area contributed by atoms with E-state index in [1.165, 1.54) is 49.9 Å². The third-order valence-corrected chi connectivity index (χ3v) is 5.16. The van der Waals surface area contributed by atoms with Crippen LogP contribution in [0.15, 0.2) is 30.5 Å². The summed E-state index contributed by atoms with van der Waals surface area (Å²) in [4.78, 5) is 2.63. The summed E-state index contributed by atoms with van der Waals surface area (Å²) >= 11 is 0. The van der Waals surface area contributed by atoms with Crippen LogP contribution in [-0.4, -0.2) is 47.4 Å². The lowest BCUT2D eigenvalue weighted by Crippen LogP contribution is -2.36. The van der Waals surface area contributed by atoms with Gasteiger partial charge in [-0.1, -0.05) is 25.1 Å². The Labute approximate surface area is 138 Å². The highest BCUT2D eigenvalue weighted by Crippen LogP contribution is 2.31. The topological polar surface area (TPSA) is 33.1 Å². The van der Waals surface area contributed by atoms with E-state index < -0.39 is 0 Å². The van der Waals surface area contributed by atoms with E-state index in [2.05, 4.69) is 51.2 Å². The van der Waals surface area contributed by atoms with Crippen molar-refractivity contribution in [3.05, 3.63) is 30.5 Å². The molecule has 1 aromatic carbocycles. The second-order valence-electron chi connectivity index (χ2n) is 7.06. The number of benzene rings is 1.